The van der Waals surface area contributed by atoms with E-state index in [0.29, 0.717) is 29.8 Å². The second-order valence-corrected chi connectivity index (χ2v) is 6.33. The quantitative estimate of drug-likeness (QED) is 0.500. The van der Waals surface area contributed by atoms with Crippen molar-refractivity contribution in [3.05, 3.63) is 61.1 Å². The van der Waals surface area contributed by atoms with Crippen molar-refractivity contribution in [3.8, 4) is 11.4 Å². The summed E-state index contributed by atoms with van der Waals surface area (Å²) in [6.07, 6.45) is 10.5. The van der Waals surface area contributed by atoms with Crippen LogP contribution in [0.15, 0.2) is 66.3 Å². The molecule has 2 rings (SSSR count). The number of allylic oxidation sites excluding steroid dienone is 4. The van der Waals surface area contributed by atoms with Crippen molar-refractivity contribution in [1.29, 1.82) is 0 Å². The highest BCUT2D eigenvalue weighted by Crippen LogP contribution is 2.23. The molecule has 1 amide bonds. The van der Waals surface area contributed by atoms with Crippen molar-refractivity contribution < 1.29 is 9.53 Å². The SMILES string of the molecule is C=C/C=C(\C=C/C)NC(=O)CSc1nnc(-c2cccnc2)n1CCOC. The van der Waals surface area contributed by atoms with E-state index in [1.165, 1.54) is 11.8 Å². The van der Waals surface area contributed by atoms with Gasteiger partial charge in [0.2, 0.25) is 5.91 Å². The normalized spacial score (nSPS) is 11.7. The van der Waals surface area contributed by atoms with Gasteiger partial charge in [-0.25, -0.2) is 0 Å². The number of rotatable bonds is 10. The van der Waals surface area contributed by atoms with E-state index in [1.807, 2.05) is 35.8 Å². The first-order valence-electron chi connectivity index (χ1n) is 8.40. The van der Waals surface area contributed by atoms with E-state index in [1.54, 1.807) is 31.7 Å². The summed E-state index contributed by atoms with van der Waals surface area (Å²) < 4.78 is 7.12. The van der Waals surface area contributed by atoms with Crippen molar-refractivity contribution in [2.45, 2.75) is 18.6 Å². The topological polar surface area (TPSA) is 81.9 Å². The van der Waals surface area contributed by atoms with Gasteiger partial charge in [-0.1, -0.05) is 30.5 Å². The first-order chi connectivity index (χ1) is 13.2. The highest BCUT2D eigenvalue weighted by molar-refractivity contribution is 7.99. The Balaban J connectivity index is 2.11. The third kappa shape index (κ3) is 6.19. The van der Waals surface area contributed by atoms with E-state index in [-0.39, 0.29) is 11.7 Å². The van der Waals surface area contributed by atoms with E-state index in [4.69, 9.17) is 4.74 Å². The Morgan fingerprint density at radius 3 is 2.96 bits per heavy atom. The number of carbonyl (C=O) groups excluding carboxylic acids is 1. The minimum Gasteiger partial charge on any atom is -0.383 e. The summed E-state index contributed by atoms with van der Waals surface area (Å²) >= 11 is 1.32. The Labute approximate surface area is 163 Å². The monoisotopic (exact) mass is 385 g/mol. The molecule has 0 fully saturated rings. The van der Waals surface area contributed by atoms with Crippen LogP contribution in [-0.2, 0) is 16.1 Å². The van der Waals surface area contributed by atoms with Crippen LogP contribution in [0.3, 0.4) is 0 Å². The molecule has 8 heteroatoms. The van der Waals surface area contributed by atoms with Gasteiger partial charge in [-0.2, -0.15) is 0 Å². The highest BCUT2D eigenvalue weighted by atomic mass is 32.2. The summed E-state index contributed by atoms with van der Waals surface area (Å²) in [5.41, 5.74) is 1.55. The van der Waals surface area contributed by atoms with E-state index in [2.05, 4.69) is 27.1 Å². The molecule has 142 valence electrons. The smallest absolute Gasteiger partial charge is 0.234 e. The van der Waals surface area contributed by atoms with E-state index < -0.39 is 0 Å². The summed E-state index contributed by atoms with van der Waals surface area (Å²) in [4.78, 5) is 16.4. The molecule has 0 aliphatic carbocycles. The molecule has 2 heterocycles. The predicted octanol–water partition coefficient (Wildman–Crippen LogP) is 2.84. The van der Waals surface area contributed by atoms with Crippen LogP contribution in [0, 0.1) is 0 Å². The van der Waals surface area contributed by atoms with E-state index in [0.717, 1.165) is 5.56 Å². The molecule has 0 bridgehead atoms. The number of methoxy groups -OCH3 is 1. The first kappa shape index (κ1) is 20.6. The third-order valence-corrected chi connectivity index (χ3v) is 4.38. The number of nitrogens with one attached hydrogen (secondary N) is 1. The van der Waals surface area contributed by atoms with Crippen LogP contribution >= 0.6 is 11.8 Å². The van der Waals surface area contributed by atoms with Crippen molar-refractivity contribution >= 4 is 17.7 Å². The first-order valence-corrected chi connectivity index (χ1v) is 9.38. The van der Waals surface area contributed by atoms with Crippen LogP contribution in [0.25, 0.3) is 11.4 Å². The van der Waals surface area contributed by atoms with Crippen LogP contribution < -0.4 is 5.32 Å². The summed E-state index contributed by atoms with van der Waals surface area (Å²) in [6.45, 7) is 6.63. The molecule has 0 unspecified atom stereocenters. The van der Waals surface area contributed by atoms with Crippen molar-refractivity contribution in [2.75, 3.05) is 19.5 Å². The average molecular weight is 385 g/mol. The molecular formula is C19H23N5O2S. The summed E-state index contributed by atoms with van der Waals surface area (Å²) in [5.74, 6) is 0.782. The summed E-state index contributed by atoms with van der Waals surface area (Å²) in [6, 6.07) is 3.77. The van der Waals surface area contributed by atoms with Crippen LogP contribution in [0.4, 0.5) is 0 Å². The van der Waals surface area contributed by atoms with Crippen LogP contribution in [0.1, 0.15) is 6.92 Å². The fourth-order valence-electron chi connectivity index (χ4n) is 2.26. The van der Waals surface area contributed by atoms with Crippen LogP contribution in [0.5, 0.6) is 0 Å². The minimum absolute atomic E-state index is 0.129. The zero-order chi connectivity index (χ0) is 19.5. The maximum atomic E-state index is 12.2. The number of nitrogens with zero attached hydrogens (tertiary/aromatic N) is 4. The maximum Gasteiger partial charge on any atom is 0.234 e. The zero-order valence-corrected chi connectivity index (χ0v) is 16.3. The molecule has 0 spiro atoms. The van der Waals surface area contributed by atoms with Gasteiger partial charge >= 0.3 is 0 Å². The van der Waals surface area contributed by atoms with Crippen molar-refractivity contribution in [1.82, 2.24) is 25.1 Å². The lowest BCUT2D eigenvalue weighted by Crippen LogP contribution is -2.24. The Morgan fingerprint density at radius 2 is 2.30 bits per heavy atom. The van der Waals surface area contributed by atoms with E-state index >= 15 is 0 Å². The van der Waals surface area contributed by atoms with Gasteiger partial charge in [0.15, 0.2) is 11.0 Å². The molecule has 0 aliphatic rings. The van der Waals surface area contributed by atoms with Gasteiger partial charge in [0.1, 0.15) is 0 Å². The van der Waals surface area contributed by atoms with Crippen LogP contribution in [-0.4, -0.2) is 45.1 Å². The average Bonchev–Trinajstić information content (AvgIpc) is 3.08. The Morgan fingerprint density at radius 1 is 1.44 bits per heavy atom. The lowest BCUT2D eigenvalue weighted by Gasteiger charge is -2.10. The highest BCUT2D eigenvalue weighted by Gasteiger charge is 2.15. The standard InChI is InChI=1S/C19H23N5O2S/c1-4-7-16(8-5-2)21-17(25)14-27-19-23-22-18(24(19)11-12-26-3)15-9-6-10-20-13-15/h4-10,13H,1,11-12,14H2,2-3H3,(H,21,25)/b8-5-,16-7+. The number of hydrogen-bond donors (Lipinski definition) is 1. The molecule has 0 aliphatic heterocycles. The number of thioether (sulfide) groups is 1. The van der Waals surface area contributed by atoms with Gasteiger partial charge in [-0.05, 0) is 31.2 Å². The number of ether oxygens (including phenoxy) is 1. The minimum atomic E-state index is -0.129. The molecule has 2 aromatic rings. The molecule has 0 atom stereocenters. The largest absolute Gasteiger partial charge is 0.383 e. The Hall–Kier alpha value is -2.71. The third-order valence-electron chi connectivity index (χ3n) is 3.42. The van der Waals surface area contributed by atoms with Gasteiger partial charge in [0, 0.05) is 30.8 Å². The van der Waals surface area contributed by atoms with Crippen LogP contribution in [0.2, 0.25) is 0 Å². The maximum absolute atomic E-state index is 12.2. The fourth-order valence-corrected chi connectivity index (χ4v) is 3.03. The number of aromatic nitrogens is 4. The Bertz CT molecular complexity index is 815. The molecule has 0 aromatic carbocycles. The van der Waals surface area contributed by atoms with Gasteiger partial charge in [-0.15, -0.1) is 10.2 Å². The van der Waals surface area contributed by atoms with Gasteiger partial charge in [0.25, 0.3) is 0 Å². The molecule has 0 radical (unpaired) electrons. The summed E-state index contributed by atoms with van der Waals surface area (Å²) in [7, 11) is 1.64. The number of hydrogen-bond acceptors (Lipinski definition) is 6. The molecule has 0 saturated heterocycles. The number of pyridine rings is 1. The second-order valence-electron chi connectivity index (χ2n) is 5.39. The fraction of sp³-hybridized carbons (Fsp3) is 0.263. The molecule has 1 N–H and O–H groups in total. The molecule has 2 aromatic heterocycles. The summed E-state index contributed by atoms with van der Waals surface area (Å²) in [5, 5.41) is 12.0. The van der Waals surface area contributed by atoms with E-state index in [9.17, 15) is 4.79 Å². The zero-order valence-electron chi connectivity index (χ0n) is 15.5. The second kappa shape index (κ2) is 11.1. The van der Waals surface area contributed by atoms with Gasteiger partial charge < -0.3 is 10.1 Å². The lowest BCUT2D eigenvalue weighted by atomic mass is 10.3. The molecule has 27 heavy (non-hydrogen) atoms. The number of carbonyl (C=O) groups is 1. The molecular weight excluding hydrogens is 362 g/mol. The number of amides is 1. The predicted molar refractivity (Wildman–Crippen MR) is 107 cm³/mol. The lowest BCUT2D eigenvalue weighted by molar-refractivity contribution is -0.117. The molecule has 7 nitrogen and oxygen atoms in total. The van der Waals surface area contributed by atoms with Gasteiger partial charge in [-0.3, -0.25) is 14.3 Å². The molecule has 0 saturated carbocycles. The Kier molecular flexibility index (Phi) is 8.47. The van der Waals surface area contributed by atoms with Crippen molar-refractivity contribution in [2.24, 2.45) is 0 Å². The van der Waals surface area contributed by atoms with Gasteiger partial charge in [0.05, 0.1) is 18.9 Å². The van der Waals surface area contributed by atoms with Crippen molar-refractivity contribution in [3.63, 3.8) is 0 Å².